The van der Waals surface area contributed by atoms with Gasteiger partial charge in [-0.3, -0.25) is 0 Å². The number of nitrogens with zero attached hydrogens (tertiary/aromatic N) is 2. The largest absolute Gasteiger partial charge is 0.493 e. The van der Waals surface area contributed by atoms with E-state index in [1.807, 2.05) is 45.0 Å². The van der Waals surface area contributed by atoms with Crippen LogP contribution in [0, 0.1) is 13.8 Å². The third-order valence-corrected chi connectivity index (χ3v) is 3.60. The van der Waals surface area contributed by atoms with Crippen molar-refractivity contribution < 1.29 is 4.74 Å². The zero-order chi connectivity index (χ0) is 15.4. The summed E-state index contributed by atoms with van der Waals surface area (Å²) in [6, 6.07) is 7.87. The summed E-state index contributed by atoms with van der Waals surface area (Å²) in [6.45, 7) is 9.33. The van der Waals surface area contributed by atoms with Gasteiger partial charge in [0.1, 0.15) is 5.75 Å². The van der Waals surface area contributed by atoms with Crippen LogP contribution in [0.1, 0.15) is 36.7 Å². The molecular formula is C17H23N3O. The van der Waals surface area contributed by atoms with Crippen molar-refractivity contribution in [2.45, 2.75) is 33.6 Å². The molecule has 0 saturated carbocycles. The molecule has 0 aliphatic carbocycles. The number of aryl methyl sites for hydroxylation is 2. The highest BCUT2D eigenvalue weighted by atomic mass is 16.5. The third kappa shape index (κ3) is 3.22. The fourth-order valence-corrected chi connectivity index (χ4v) is 2.61. The lowest BCUT2D eigenvalue weighted by atomic mass is 9.98. The second kappa shape index (κ2) is 6.68. The first-order valence-electron chi connectivity index (χ1n) is 7.35. The Morgan fingerprint density at radius 2 is 1.76 bits per heavy atom. The average molecular weight is 285 g/mol. The van der Waals surface area contributed by atoms with Crippen molar-refractivity contribution in [3.8, 4) is 17.1 Å². The van der Waals surface area contributed by atoms with Gasteiger partial charge in [0.25, 0.3) is 0 Å². The molecule has 1 aromatic carbocycles. The summed E-state index contributed by atoms with van der Waals surface area (Å²) in [7, 11) is 0. The normalized spacial score (nSPS) is 12.2. The zero-order valence-corrected chi connectivity index (χ0v) is 13.2. The van der Waals surface area contributed by atoms with Gasteiger partial charge in [-0.05, 0) is 50.9 Å². The molecule has 4 heteroatoms. The maximum Gasteiger partial charge on any atom is 0.163 e. The molecule has 0 saturated heterocycles. The molecule has 2 aromatic rings. The number of benzene rings is 1. The molecule has 0 radical (unpaired) electrons. The standard InChI is InChI=1S/C17H23N3O/c1-5-21-15-9-7-6-8-14(15)17-19-12(3)16(11(2)10-18)13(4)20-17/h6-9,11H,5,10,18H2,1-4H3. The molecule has 112 valence electrons. The maximum atomic E-state index is 5.78. The summed E-state index contributed by atoms with van der Waals surface area (Å²) in [4.78, 5) is 9.34. The van der Waals surface area contributed by atoms with Gasteiger partial charge in [0.2, 0.25) is 0 Å². The van der Waals surface area contributed by atoms with Crippen molar-refractivity contribution in [1.82, 2.24) is 9.97 Å². The van der Waals surface area contributed by atoms with Gasteiger partial charge in [0.15, 0.2) is 5.82 Å². The summed E-state index contributed by atoms with van der Waals surface area (Å²) in [6.07, 6.45) is 0. The predicted octanol–water partition coefficient (Wildman–Crippen LogP) is 3.22. The summed E-state index contributed by atoms with van der Waals surface area (Å²) in [5.41, 5.74) is 9.83. The van der Waals surface area contributed by atoms with Gasteiger partial charge >= 0.3 is 0 Å². The molecule has 0 bridgehead atoms. The van der Waals surface area contributed by atoms with Crippen LogP contribution in [0.4, 0.5) is 0 Å². The van der Waals surface area contributed by atoms with Gasteiger partial charge in [-0.25, -0.2) is 9.97 Å². The van der Waals surface area contributed by atoms with Crippen molar-refractivity contribution in [2.24, 2.45) is 5.73 Å². The van der Waals surface area contributed by atoms with E-state index in [9.17, 15) is 0 Å². The topological polar surface area (TPSA) is 61.0 Å². The molecule has 0 spiro atoms. The first kappa shape index (κ1) is 15.4. The van der Waals surface area contributed by atoms with E-state index >= 15 is 0 Å². The quantitative estimate of drug-likeness (QED) is 0.916. The highest BCUT2D eigenvalue weighted by molar-refractivity contribution is 5.64. The van der Waals surface area contributed by atoms with Crippen molar-refractivity contribution in [3.05, 3.63) is 41.2 Å². The van der Waals surface area contributed by atoms with E-state index in [4.69, 9.17) is 10.5 Å². The Hall–Kier alpha value is -1.94. The molecule has 0 aliphatic heterocycles. The van der Waals surface area contributed by atoms with E-state index < -0.39 is 0 Å². The Morgan fingerprint density at radius 1 is 1.14 bits per heavy atom. The number of hydrogen-bond acceptors (Lipinski definition) is 4. The van der Waals surface area contributed by atoms with E-state index in [0.29, 0.717) is 19.0 Å². The van der Waals surface area contributed by atoms with Crippen LogP contribution >= 0.6 is 0 Å². The molecule has 2 N–H and O–H groups in total. The van der Waals surface area contributed by atoms with Crippen LogP contribution in [0.3, 0.4) is 0 Å². The van der Waals surface area contributed by atoms with Crippen molar-refractivity contribution in [3.63, 3.8) is 0 Å². The first-order valence-corrected chi connectivity index (χ1v) is 7.35. The monoisotopic (exact) mass is 285 g/mol. The van der Waals surface area contributed by atoms with Gasteiger partial charge in [-0.1, -0.05) is 19.1 Å². The smallest absolute Gasteiger partial charge is 0.163 e. The molecule has 0 fully saturated rings. The summed E-state index contributed by atoms with van der Waals surface area (Å²) >= 11 is 0. The molecule has 2 rings (SSSR count). The van der Waals surface area contributed by atoms with E-state index in [2.05, 4.69) is 16.9 Å². The number of ether oxygens (including phenoxy) is 1. The Kier molecular flexibility index (Phi) is 4.91. The minimum atomic E-state index is 0.265. The molecular weight excluding hydrogens is 262 g/mol. The molecule has 0 amide bonds. The highest BCUT2D eigenvalue weighted by Crippen LogP contribution is 2.29. The summed E-state index contributed by atoms with van der Waals surface area (Å²) < 4.78 is 5.67. The number of aromatic nitrogens is 2. The molecule has 0 aliphatic rings. The first-order chi connectivity index (χ1) is 10.1. The lowest BCUT2D eigenvalue weighted by molar-refractivity contribution is 0.341. The van der Waals surface area contributed by atoms with E-state index in [1.54, 1.807) is 0 Å². The van der Waals surface area contributed by atoms with Crippen molar-refractivity contribution in [2.75, 3.05) is 13.2 Å². The second-order valence-corrected chi connectivity index (χ2v) is 5.20. The van der Waals surface area contributed by atoms with E-state index in [0.717, 1.165) is 28.3 Å². The Balaban J connectivity index is 2.52. The zero-order valence-electron chi connectivity index (χ0n) is 13.2. The molecule has 1 atom stereocenters. The molecule has 1 unspecified atom stereocenters. The van der Waals surface area contributed by atoms with Crippen molar-refractivity contribution >= 4 is 0 Å². The summed E-state index contributed by atoms with van der Waals surface area (Å²) in [5.74, 6) is 1.79. The highest BCUT2D eigenvalue weighted by Gasteiger charge is 2.16. The average Bonchev–Trinajstić information content (AvgIpc) is 2.47. The van der Waals surface area contributed by atoms with Crippen LogP contribution in [0.25, 0.3) is 11.4 Å². The van der Waals surface area contributed by atoms with Gasteiger partial charge in [0, 0.05) is 11.4 Å². The Bertz CT molecular complexity index is 602. The van der Waals surface area contributed by atoms with Gasteiger partial charge in [0.05, 0.1) is 12.2 Å². The minimum Gasteiger partial charge on any atom is -0.493 e. The fraction of sp³-hybridized carbons (Fsp3) is 0.412. The second-order valence-electron chi connectivity index (χ2n) is 5.20. The van der Waals surface area contributed by atoms with Crippen LogP contribution in [0.5, 0.6) is 5.75 Å². The van der Waals surface area contributed by atoms with Crippen LogP contribution in [-0.4, -0.2) is 23.1 Å². The van der Waals surface area contributed by atoms with Crippen LogP contribution in [0.15, 0.2) is 24.3 Å². The number of para-hydroxylation sites is 1. The van der Waals surface area contributed by atoms with Crippen LogP contribution in [-0.2, 0) is 0 Å². The van der Waals surface area contributed by atoms with Crippen LogP contribution < -0.4 is 10.5 Å². The fourth-order valence-electron chi connectivity index (χ4n) is 2.61. The number of hydrogen-bond donors (Lipinski definition) is 1. The maximum absolute atomic E-state index is 5.78. The van der Waals surface area contributed by atoms with Crippen molar-refractivity contribution in [1.29, 1.82) is 0 Å². The van der Waals surface area contributed by atoms with Gasteiger partial charge < -0.3 is 10.5 Å². The molecule has 1 heterocycles. The third-order valence-electron chi connectivity index (χ3n) is 3.60. The van der Waals surface area contributed by atoms with Crippen LogP contribution in [0.2, 0.25) is 0 Å². The minimum absolute atomic E-state index is 0.265. The van der Waals surface area contributed by atoms with E-state index in [-0.39, 0.29) is 5.92 Å². The predicted molar refractivity (Wildman–Crippen MR) is 85.6 cm³/mol. The lowest BCUT2D eigenvalue weighted by Crippen LogP contribution is -2.14. The Morgan fingerprint density at radius 3 is 2.33 bits per heavy atom. The molecule has 1 aromatic heterocycles. The summed E-state index contributed by atoms with van der Waals surface area (Å²) in [5, 5.41) is 0. The molecule has 4 nitrogen and oxygen atoms in total. The lowest BCUT2D eigenvalue weighted by Gasteiger charge is -2.16. The number of nitrogens with two attached hydrogens (primary N) is 1. The SMILES string of the molecule is CCOc1ccccc1-c1nc(C)c(C(C)CN)c(C)n1. The van der Waals surface area contributed by atoms with E-state index in [1.165, 1.54) is 0 Å². The molecule has 21 heavy (non-hydrogen) atoms. The van der Waals surface area contributed by atoms with Gasteiger partial charge in [-0.2, -0.15) is 0 Å². The Labute approximate surface area is 126 Å². The number of rotatable bonds is 5. The van der Waals surface area contributed by atoms with Gasteiger partial charge in [-0.15, -0.1) is 0 Å².